The summed E-state index contributed by atoms with van der Waals surface area (Å²) in [5.41, 5.74) is 2.94. The minimum Gasteiger partial charge on any atom is -0.491 e. The number of aliphatic carboxylic acids is 1. The molecule has 0 saturated heterocycles. The van der Waals surface area contributed by atoms with Crippen molar-refractivity contribution < 1.29 is 19.7 Å². The second-order valence-corrected chi connectivity index (χ2v) is 10.4. The first kappa shape index (κ1) is 24.4. The number of hydrogen-bond donors (Lipinski definition) is 2. The molecule has 0 spiro atoms. The van der Waals surface area contributed by atoms with Gasteiger partial charge in [-0.05, 0) is 60.9 Å². The van der Waals surface area contributed by atoms with Crippen LogP contribution in [0, 0.1) is 19.3 Å². The molecule has 0 aliphatic carbocycles. The maximum Gasteiger partial charge on any atom is 0.308 e. The lowest BCUT2D eigenvalue weighted by Gasteiger charge is -2.32. The van der Waals surface area contributed by atoms with Crippen LogP contribution in [0.4, 0.5) is 0 Å². The van der Waals surface area contributed by atoms with Crippen LogP contribution >= 0.6 is 11.3 Å². The third-order valence-electron chi connectivity index (χ3n) is 6.14. The number of thiophene rings is 1. The first-order valence-corrected chi connectivity index (χ1v) is 11.5. The van der Waals surface area contributed by atoms with E-state index in [1.165, 1.54) is 10.4 Å². The number of hydrogen-bond acceptors (Lipinski definition) is 4. The van der Waals surface area contributed by atoms with Crippen molar-refractivity contribution in [2.24, 2.45) is 5.41 Å². The molecule has 5 heteroatoms. The number of carboxylic acids is 1. The highest BCUT2D eigenvalue weighted by molar-refractivity contribution is 7.12. The molecular formula is C25H36O4S. The largest absolute Gasteiger partial charge is 0.491 e. The topological polar surface area (TPSA) is 66.8 Å². The van der Waals surface area contributed by atoms with Crippen LogP contribution in [-0.2, 0) is 16.6 Å². The van der Waals surface area contributed by atoms with E-state index in [1.807, 2.05) is 40.7 Å². The third-order valence-corrected chi connectivity index (χ3v) is 7.58. The van der Waals surface area contributed by atoms with Gasteiger partial charge in [-0.25, -0.2) is 0 Å². The Kier molecular flexibility index (Phi) is 7.75. The number of aliphatic hydroxyl groups excluding tert-OH is 1. The summed E-state index contributed by atoms with van der Waals surface area (Å²) in [6.07, 6.45) is 1.39. The number of rotatable bonds is 9. The van der Waals surface area contributed by atoms with Gasteiger partial charge in [0.15, 0.2) is 0 Å². The predicted molar refractivity (Wildman–Crippen MR) is 124 cm³/mol. The van der Waals surface area contributed by atoms with E-state index >= 15 is 0 Å². The van der Waals surface area contributed by atoms with Crippen molar-refractivity contribution in [3.8, 4) is 5.75 Å². The van der Waals surface area contributed by atoms with Crippen LogP contribution in [0.5, 0.6) is 5.75 Å². The van der Waals surface area contributed by atoms with E-state index in [0.29, 0.717) is 0 Å². The Morgan fingerprint density at radius 3 is 2.23 bits per heavy atom. The van der Waals surface area contributed by atoms with Gasteiger partial charge in [-0.2, -0.15) is 0 Å². The molecule has 30 heavy (non-hydrogen) atoms. The Balaban J connectivity index is 2.36. The monoisotopic (exact) mass is 432 g/mol. The number of aryl methyl sites for hydroxylation is 2. The minimum atomic E-state index is -0.792. The van der Waals surface area contributed by atoms with Gasteiger partial charge in [0.25, 0.3) is 0 Å². The van der Waals surface area contributed by atoms with Gasteiger partial charge in [0, 0.05) is 15.2 Å². The minimum absolute atomic E-state index is 0.0713. The van der Waals surface area contributed by atoms with Crippen molar-refractivity contribution in [3.05, 3.63) is 50.7 Å². The number of carbonyl (C=O) groups is 1. The van der Waals surface area contributed by atoms with Gasteiger partial charge < -0.3 is 14.9 Å². The van der Waals surface area contributed by atoms with Crippen LogP contribution < -0.4 is 4.74 Å². The second kappa shape index (κ2) is 9.52. The SMILES string of the molecule is CCC(CC)(c1ccc(OCC(O)C(C)(C)C)c(C)c1)c1cc(C)c(CC(=O)O)s1. The van der Waals surface area contributed by atoms with Gasteiger partial charge >= 0.3 is 5.97 Å². The summed E-state index contributed by atoms with van der Waals surface area (Å²) >= 11 is 1.62. The van der Waals surface area contributed by atoms with Crippen molar-refractivity contribution in [2.75, 3.05) is 6.61 Å². The lowest BCUT2D eigenvalue weighted by molar-refractivity contribution is -0.136. The normalized spacial score (nSPS) is 13.3. The molecule has 1 aromatic carbocycles. The summed E-state index contributed by atoms with van der Waals surface area (Å²) in [4.78, 5) is 13.4. The summed E-state index contributed by atoms with van der Waals surface area (Å²) in [6.45, 7) is 14.7. The molecule has 0 bridgehead atoms. The highest BCUT2D eigenvalue weighted by Crippen LogP contribution is 2.44. The zero-order valence-electron chi connectivity index (χ0n) is 19.3. The second-order valence-electron chi connectivity index (χ2n) is 9.25. The lowest BCUT2D eigenvalue weighted by atomic mass is 9.74. The summed E-state index contributed by atoms with van der Waals surface area (Å²) in [5, 5.41) is 19.5. The Morgan fingerprint density at radius 1 is 1.10 bits per heavy atom. The summed E-state index contributed by atoms with van der Waals surface area (Å²) in [6, 6.07) is 8.45. The van der Waals surface area contributed by atoms with E-state index in [9.17, 15) is 15.0 Å². The van der Waals surface area contributed by atoms with Gasteiger partial charge in [-0.1, -0.05) is 46.8 Å². The molecule has 0 saturated carbocycles. The quantitative estimate of drug-likeness (QED) is 0.519. The van der Waals surface area contributed by atoms with E-state index < -0.39 is 12.1 Å². The fourth-order valence-electron chi connectivity index (χ4n) is 3.75. The van der Waals surface area contributed by atoms with Crippen LogP contribution in [0.2, 0.25) is 0 Å². The maximum absolute atomic E-state index is 11.2. The Bertz CT molecular complexity index is 872. The maximum atomic E-state index is 11.2. The zero-order chi connectivity index (χ0) is 22.7. The third kappa shape index (κ3) is 5.25. The van der Waals surface area contributed by atoms with Crippen molar-refractivity contribution in [2.45, 2.75) is 79.2 Å². The van der Waals surface area contributed by atoms with E-state index in [2.05, 4.69) is 32.0 Å². The summed E-state index contributed by atoms with van der Waals surface area (Å²) in [5.74, 6) is -0.00281. The number of carboxylic acid groups (broad SMARTS) is 1. The van der Waals surface area contributed by atoms with Crippen LogP contribution in [0.15, 0.2) is 24.3 Å². The Labute approximate surface area is 184 Å². The van der Waals surface area contributed by atoms with Crippen LogP contribution in [0.25, 0.3) is 0 Å². The number of ether oxygens (including phenoxy) is 1. The van der Waals surface area contributed by atoms with Gasteiger partial charge in [0.05, 0.1) is 12.5 Å². The number of benzene rings is 1. The molecule has 2 aromatic rings. The van der Waals surface area contributed by atoms with Crippen molar-refractivity contribution in [1.29, 1.82) is 0 Å². The van der Waals surface area contributed by atoms with Crippen molar-refractivity contribution in [1.82, 2.24) is 0 Å². The fraction of sp³-hybridized carbons (Fsp3) is 0.560. The predicted octanol–water partition coefficient (Wildman–Crippen LogP) is 5.88. The molecule has 0 amide bonds. The highest BCUT2D eigenvalue weighted by atomic mass is 32.1. The zero-order valence-corrected chi connectivity index (χ0v) is 20.2. The smallest absolute Gasteiger partial charge is 0.308 e. The molecule has 1 atom stereocenters. The first-order chi connectivity index (χ1) is 13.9. The molecule has 1 heterocycles. The van der Waals surface area contributed by atoms with E-state index in [0.717, 1.165) is 34.6 Å². The van der Waals surface area contributed by atoms with Crippen LogP contribution in [0.1, 0.15) is 73.9 Å². The Hall–Kier alpha value is -1.85. The summed E-state index contributed by atoms with van der Waals surface area (Å²) < 4.78 is 5.92. The van der Waals surface area contributed by atoms with Gasteiger partial charge in [-0.15, -0.1) is 11.3 Å². The molecule has 1 unspecified atom stereocenters. The van der Waals surface area contributed by atoms with Crippen molar-refractivity contribution in [3.63, 3.8) is 0 Å². The number of aliphatic hydroxyl groups is 1. The van der Waals surface area contributed by atoms with Gasteiger partial charge in [-0.3, -0.25) is 4.79 Å². The molecule has 0 fully saturated rings. The fourth-order valence-corrected chi connectivity index (χ4v) is 5.26. The molecule has 2 N–H and O–H groups in total. The summed E-state index contributed by atoms with van der Waals surface area (Å²) in [7, 11) is 0. The van der Waals surface area contributed by atoms with Gasteiger partial charge in [0.2, 0.25) is 0 Å². The average molecular weight is 433 g/mol. The molecule has 1 aromatic heterocycles. The van der Waals surface area contributed by atoms with E-state index in [1.54, 1.807) is 11.3 Å². The molecule has 4 nitrogen and oxygen atoms in total. The lowest BCUT2D eigenvalue weighted by Crippen LogP contribution is -2.32. The van der Waals surface area contributed by atoms with Crippen LogP contribution in [0.3, 0.4) is 0 Å². The molecule has 166 valence electrons. The van der Waals surface area contributed by atoms with E-state index in [-0.39, 0.29) is 23.9 Å². The standard InChI is InChI=1S/C25H36O4S/c1-8-25(9-2,22-13-17(4)20(30-22)14-23(27)28)18-10-11-19(16(3)12-18)29-15-21(26)24(5,6)7/h10-13,21,26H,8-9,14-15H2,1-7H3,(H,27,28). The Morgan fingerprint density at radius 2 is 1.73 bits per heavy atom. The molecular weight excluding hydrogens is 396 g/mol. The molecule has 0 aliphatic heterocycles. The average Bonchev–Trinajstić information content (AvgIpc) is 3.01. The molecule has 2 rings (SSSR count). The molecule has 0 radical (unpaired) electrons. The van der Waals surface area contributed by atoms with E-state index in [4.69, 9.17) is 4.74 Å². The van der Waals surface area contributed by atoms with Gasteiger partial charge in [0.1, 0.15) is 12.4 Å². The van der Waals surface area contributed by atoms with Crippen LogP contribution in [-0.4, -0.2) is 28.9 Å². The highest BCUT2D eigenvalue weighted by Gasteiger charge is 2.33. The van der Waals surface area contributed by atoms with Crippen molar-refractivity contribution >= 4 is 17.3 Å². The first-order valence-electron chi connectivity index (χ1n) is 10.7. The molecule has 0 aliphatic rings.